The van der Waals surface area contributed by atoms with Crippen molar-refractivity contribution in [3.63, 3.8) is 0 Å². The summed E-state index contributed by atoms with van der Waals surface area (Å²) in [6.45, 7) is 1.77. The third-order valence-corrected chi connectivity index (χ3v) is 2.85. The average molecular weight is 318 g/mol. The Morgan fingerprint density at radius 1 is 1.09 bits per heavy atom. The Kier molecular flexibility index (Phi) is 5.67. The van der Waals surface area contributed by atoms with Gasteiger partial charge in [-0.3, -0.25) is 4.79 Å². The number of carbonyl (C=O) groups excluding carboxylic acids is 1. The van der Waals surface area contributed by atoms with Gasteiger partial charge in [0, 0.05) is 0 Å². The van der Waals surface area contributed by atoms with Crippen molar-refractivity contribution in [2.24, 2.45) is 0 Å². The van der Waals surface area contributed by atoms with Crippen LogP contribution in [0.2, 0.25) is 0 Å². The van der Waals surface area contributed by atoms with Crippen molar-refractivity contribution < 1.29 is 19.0 Å². The van der Waals surface area contributed by atoms with E-state index < -0.39 is 6.10 Å². The summed E-state index contributed by atoms with van der Waals surface area (Å²) in [4.78, 5) is 24.0. The van der Waals surface area contributed by atoms with Crippen LogP contribution in [0, 0.1) is 0 Å². The monoisotopic (exact) mass is 318 g/mol. The van der Waals surface area contributed by atoms with Gasteiger partial charge in [0.1, 0.15) is 5.75 Å². The molecule has 1 aromatic carbocycles. The highest BCUT2D eigenvalue weighted by molar-refractivity contribution is 5.80. The molecule has 0 fully saturated rings. The molecule has 2 aromatic rings. The summed E-state index contributed by atoms with van der Waals surface area (Å²) in [5.41, 5.74) is 0. The molecule has 0 spiro atoms. The molecule has 1 amide bonds. The van der Waals surface area contributed by atoms with E-state index in [-0.39, 0.29) is 24.5 Å². The van der Waals surface area contributed by atoms with Crippen molar-refractivity contribution in [2.75, 3.05) is 14.2 Å². The number of benzene rings is 1. The predicted molar refractivity (Wildman–Crippen MR) is 81.3 cm³/mol. The standard InChI is InChI=1S/C15H18N4O4/c1-10(23-11-7-5-4-6-8-11)13(20)16-9-12-17-14(21-2)19-15(18-12)22-3/h4-8,10H,9H2,1-3H3,(H,16,20)/t10-/m1/s1. The van der Waals surface area contributed by atoms with E-state index in [1.807, 2.05) is 18.2 Å². The molecule has 1 atom stereocenters. The normalized spacial score (nSPS) is 11.4. The van der Waals surface area contributed by atoms with Gasteiger partial charge < -0.3 is 19.5 Å². The summed E-state index contributed by atoms with van der Waals surface area (Å²) in [5, 5.41) is 2.69. The van der Waals surface area contributed by atoms with Crippen molar-refractivity contribution in [2.45, 2.75) is 19.6 Å². The fourth-order valence-corrected chi connectivity index (χ4v) is 1.71. The fourth-order valence-electron chi connectivity index (χ4n) is 1.71. The number of nitrogens with one attached hydrogen (secondary N) is 1. The summed E-state index contributed by atoms with van der Waals surface area (Å²) in [6, 6.07) is 9.35. The molecule has 1 N–H and O–H groups in total. The third-order valence-electron chi connectivity index (χ3n) is 2.85. The van der Waals surface area contributed by atoms with Crippen molar-refractivity contribution in [3.8, 4) is 17.8 Å². The number of amides is 1. The zero-order chi connectivity index (χ0) is 16.7. The Balaban J connectivity index is 1.93. The highest BCUT2D eigenvalue weighted by Crippen LogP contribution is 2.11. The van der Waals surface area contributed by atoms with Gasteiger partial charge in [0.2, 0.25) is 0 Å². The zero-order valence-corrected chi connectivity index (χ0v) is 13.1. The Morgan fingerprint density at radius 3 is 2.26 bits per heavy atom. The highest BCUT2D eigenvalue weighted by atomic mass is 16.5. The topological polar surface area (TPSA) is 95.5 Å². The van der Waals surface area contributed by atoms with Crippen LogP contribution in [-0.2, 0) is 11.3 Å². The first-order valence-corrected chi connectivity index (χ1v) is 6.94. The number of nitrogens with zero attached hydrogens (tertiary/aromatic N) is 3. The van der Waals surface area contributed by atoms with Crippen LogP contribution in [0.3, 0.4) is 0 Å². The predicted octanol–water partition coefficient (Wildman–Crippen LogP) is 0.972. The molecule has 1 aromatic heterocycles. The highest BCUT2D eigenvalue weighted by Gasteiger charge is 2.15. The minimum absolute atomic E-state index is 0.108. The Labute approximate surface area is 133 Å². The molecule has 0 aliphatic heterocycles. The van der Waals surface area contributed by atoms with E-state index in [1.165, 1.54) is 14.2 Å². The van der Waals surface area contributed by atoms with Gasteiger partial charge in [-0.1, -0.05) is 18.2 Å². The lowest BCUT2D eigenvalue weighted by Gasteiger charge is -2.14. The Hall–Kier alpha value is -2.90. The molecule has 0 unspecified atom stereocenters. The molecular weight excluding hydrogens is 300 g/mol. The quantitative estimate of drug-likeness (QED) is 0.812. The smallest absolute Gasteiger partial charge is 0.322 e. The lowest BCUT2D eigenvalue weighted by Crippen LogP contribution is -2.36. The van der Waals surface area contributed by atoms with Crippen LogP contribution in [0.25, 0.3) is 0 Å². The van der Waals surface area contributed by atoms with Crippen LogP contribution < -0.4 is 19.5 Å². The van der Waals surface area contributed by atoms with Gasteiger partial charge in [-0.2, -0.15) is 9.97 Å². The molecule has 0 radical (unpaired) electrons. The lowest BCUT2D eigenvalue weighted by atomic mass is 10.3. The van der Waals surface area contributed by atoms with Gasteiger partial charge in [-0.15, -0.1) is 4.98 Å². The summed E-state index contributed by atoms with van der Waals surface area (Å²) < 4.78 is 15.4. The van der Waals surface area contributed by atoms with Crippen LogP contribution in [0.15, 0.2) is 30.3 Å². The van der Waals surface area contributed by atoms with Gasteiger partial charge in [0.15, 0.2) is 11.9 Å². The van der Waals surface area contributed by atoms with Gasteiger partial charge in [-0.25, -0.2) is 0 Å². The van der Waals surface area contributed by atoms with Crippen LogP contribution in [-0.4, -0.2) is 41.2 Å². The van der Waals surface area contributed by atoms with Crippen molar-refractivity contribution in [3.05, 3.63) is 36.2 Å². The van der Waals surface area contributed by atoms with Gasteiger partial charge in [0.05, 0.1) is 20.8 Å². The van der Waals surface area contributed by atoms with Gasteiger partial charge in [-0.05, 0) is 19.1 Å². The fraction of sp³-hybridized carbons (Fsp3) is 0.333. The first-order chi connectivity index (χ1) is 11.1. The SMILES string of the molecule is COc1nc(CNC(=O)[C@@H](C)Oc2ccccc2)nc(OC)n1. The molecule has 8 heteroatoms. The molecule has 0 aliphatic rings. The Bertz CT molecular complexity index is 629. The minimum atomic E-state index is -0.650. The Morgan fingerprint density at radius 2 is 1.70 bits per heavy atom. The second kappa shape index (κ2) is 7.92. The van der Waals surface area contributed by atoms with E-state index >= 15 is 0 Å². The average Bonchev–Trinajstić information content (AvgIpc) is 2.60. The minimum Gasteiger partial charge on any atom is -0.481 e. The van der Waals surface area contributed by atoms with E-state index in [1.54, 1.807) is 19.1 Å². The van der Waals surface area contributed by atoms with Gasteiger partial charge in [0.25, 0.3) is 5.91 Å². The molecule has 0 saturated carbocycles. The molecular formula is C15H18N4O4. The summed E-state index contributed by atoms with van der Waals surface area (Å²) in [5.74, 6) is 0.666. The lowest BCUT2D eigenvalue weighted by molar-refractivity contribution is -0.127. The van der Waals surface area contributed by atoms with Crippen molar-refractivity contribution in [1.29, 1.82) is 0 Å². The van der Waals surface area contributed by atoms with Crippen LogP contribution in [0.1, 0.15) is 12.7 Å². The van der Waals surface area contributed by atoms with Crippen molar-refractivity contribution in [1.82, 2.24) is 20.3 Å². The summed E-state index contributed by atoms with van der Waals surface area (Å²) >= 11 is 0. The maximum Gasteiger partial charge on any atom is 0.322 e. The van der Waals surface area contributed by atoms with E-state index in [0.29, 0.717) is 11.6 Å². The summed E-state index contributed by atoms with van der Waals surface area (Å²) in [7, 11) is 2.87. The first-order valence-electron chi connectivity index (χ1n) is 6.94. The van der Waals surface area contributed by atoms with E-state index in [2.05, 4.69) is 20.3 Å². The maximum absolute atomic E-state index is 12.1. The molecule has 23 heavy (non-hydrogen) atoms. The first kappa shape index (κ1) is 16.5. The van der Waals surface area contributed by atoms with E-state index in [4.69, 9.17) is 14.2 Å². The number of rotatable bonds is 7. The zero-order valence-electron chi connectivity index (χ0n) is 13.1. The maximum atomic E-state index is 12.1. The second-order valence-electron chi connectivity index (χ2n) is 4.52. The number of hydrogen-bond acceptors (Lipinski definition) is 7. The molecule has 0 aliphatic carbocycles. The van der Waals surface area contributed by atoms with Crippen molar-refractivity contribution >= 4 is 5.91 Å². The van der Waals surface area contributed by atoms with E-state index in [0.717, 1.165) is 0 Å². The largest absolute Gasteiger partial charge is 0.481 e. The molecule has 2 rings (SSSR count). The second-order valence-corrected chi connectivity index (χ2v) is 4.52. The number of ether oxygens (including phenoxy) is 3. The van der Waals surface area contributed by atoms with Crippen LogP contribution in [0.4, 0.5) is 0 Å². The number of aromatic nitrogens is 3. The van der Waals surface area contributed by atoms with Gasteiger partial charge >= 0.3 is 12.0 Å². The molecule has 0 saturated heterocycles. The number of para-hydroxylation sites is 1. The number of carbonyl (C=O) groups is 1. The number of methoxy groups -OCH3 is 2. The van der Waals surface area contributed by atoms with Crippen LogP contribution >= 0.6 is 0 Å². The van der Waals surface area contributed by atoms with E-state index in [9.17, 15) is 4.79 Å². The number of hydrogen-bond donors (Lipinski definition) is 1. The molecule has 0 bridgehead atoms. The van der Waals surface area contributed by atoms with Crippen LogP contribution in [0.5, 0.6) is 17.8 Å². The summed E-state index contributed by atoms with van der Waals surface area (Å²) in [6.07, 6.45) is -0.650. The molecule has 122 valence electrons. The molecule has 8 nitrogen and oxygen atoms in total. The molecule has 1 heterocycles. The third kappa shape index (κ3) is 4.80.